The predicted octanol–water partition coefficient (Wildman–Crippen LogP) is 0.947. The van der Waals surface area contributed by atoms with E-state index in [1.54, 1.807) is 0 Å². The second-order valence-corrected chi connectivity index (χ2v) is 5.09. The van der Waals surface area contributed by atoms with Crippen molar-refractivity contribution in [2.24, 2.45) is 17.8 Å². The molecule has 4 fully saturated rings. The summed E-state index contributed by atoms with van der Waals surface area (Å²) in [5.74, 6) is 4.14. The van der Waals surface area contributed by atoms with E-state index in [1.807, 2.05) is 13.1 Å². The number of nitrogens with zero attached hydrogens (tertiary/aromatic N) is 2. The molecule has 3 heteroatoms. The molecule has 1 aromatic rings. The first-order chi connectivity index (χ1) is 7.31. The Morgan fingerprint density at radius 1 is 1.53 bits per heavy atom. The fraction of sp³-hybridized carbons (Fsp3) is 0.583. The van der Waals surface area contributed by atoms with Gasteiger partial charge in [-0.25, -0.2) is 4.98 Å². The van der Waals surface area contributed by atoms with Crippen LogP contribution in [0, 0.1) is 24.7 Å². The molecule has 2 aliphatic carbocycles. The first-order valence-electron chi connectivity index (χ1n) is 5.64. The fourth-order valence-electron chi connectivity index (χ4n) is 3.28. The van der Waals surface area contributed by atoms with Crippen molar-refractivity contribution in [3.63, 3.8) is 0 Å². The zero-order valence-corrected chi connectivity index (χ0v) is 8.72. The number of hydrogen-bond acceptors (Lipinski definition) is 3. The van der Waals surface area contributed by atoms with E-state index in [1.165, 1.54) is 6.54 Å². The van der Waals surface area contributed by atoms with Gasteiger partial charge in [-0.3, -0.25) is 0 Å². The van der Waals surface area contributed by atoms with Crippen LogP contribution in [0.3, 0.4) is 0 Å². The van der Waals surface area contributed by atoms with Crippen LogP contribution in [0.5, 0.6) is 0 Å². The van der Waals surface area contributed by atoms with Crippen LogP contribution in [-0.4, -0.2) is 22.7 Å². The Morgan fingerprint density at radius 3 is 2.87 bits per heavy atom. The van der Waals surface area contributed by atoms with Crippen LogP contribution < -0.4 is 4.90 Å². The van der Waals surface area contributed by atoms with Crippen molar-refractivity contribution >= 4 is 5.82 Å². The number of aromatic nitrogens is 1. The van der Waals surface area contributed by atoms with Gasteiger partial charge in [0.05, 0.1) is 6.61 Å². The first kappa shape index (κ1) is 8.11. The lowest BCUT2D eigenvalue weighted by Crippen LogP contribution is -2.21. The van der Waals surface area contributed by atoms with Crippen LogP contribution in [0.2, 0.25) is 0 Å². The Balaban J connectivity index is 1.68. The molecule has 3 heterocycles. The van der Waals surface area contributed by atoms with Gasteiger partial charge in [0.1, 0.15) is 5.82 Å². The monoisotopic (exact) mass is 202 g/mol. The zero-order valence-electron chi connectivity index (χ0n) is 8.72. The number of fused-ring (bicyclic) bond motifs is 1. The van der Waals surface area contributed by atoms with Gasteiger partial charge in [0, 0.05) is 18.8 Å². The van der Waals surface area contributed by atoms with Gasteiger partial charge in [-0.1, -0.05) is 0 Å². The van der Waals surface area contributed by atoms with Gasteiger partial charge < -0.3 is 10.0 Å². The molecule has 2 atom stereocenters. The van der Waals surface area contributed by atoms with Crippen molar-refractivity contribution in [1.82, 2.24) is 4.98 Å². The molecule has 78 valence electrons. The van der Waals surface area contributed by atoms with Crippen molar-refractivity contribution in [1.29, 1.82) is 0 Å². The normalized spacial score (nSPS) is 39.2. The summed E-state index contributed by atoms with van der Waals surface area (Å²) in [5, 5.41) is 9.09. The highest BCUT2D eigenvalue weighted by atomic mass is 16.3. The maximum Gasteiger partial charge on any atom is 0.129 e. The lowest BCUT2D eigenvalue weighted by molar-refractivity contribution is 0.280. The second-order valence-electron chi connectivity index (χ2n) is 5.09. The molecule has 0 aromatic carbocycles. The highest BCUT2D eigenvalue weighted by molar-refractivity contribution is 5.55. The molecule has 2 saturated heterocycles. The lowest BCUT2D eigenvalue weighted by Gasteiger charge is -2.17. The fourth-order valence-corrected chi connectivity index (χ4v) is 3.28. The molecule has 3 nitrogen and oxygen atoms in total. The lowest BCUT2D eigenvalue weighted by atomic mass is 10.1. The number of rotatable bonds is 2. The van der Waals surface area contributed by atoms with E-state index in [-0.39, 0.29) is 6.61 Å². The third-order valence-electron chi connectivity index (χ3n) is 4.38. The number of aliphatic hydroxyl groups is 1. The summed E-state index contributed by atoms with van der Waals surface area (Å²) >= 11 is 0. The minimum absolute atomic E-state index is 0.0937. The molecular weight excluding hydrogens is 188 g/mol. The van der Waals surface area contributed by atoms with Gasteiger partial charge in [-0.15, -0.1) is 0 Å². The Bertz CT molecular complexity index is 428. The zero-order chi connectivity index (χ0) is 10.2. The Kier molecular flexibility index (Phi) is 1.27. The molecular formula is C12H14N2O. The SMILES string of the molecule is Cc1cc(N2CC3C4C3C42)ncc1CO. The van der Waals surface area contributed by atoms with Crippen LogP contribution >= 0.6 is 0 Å². The smallest absolute Gasteiger partial charge is 0.129 e. The summed E-state index contributed by atoms with van der Waals surface area (Å²) in [7, 11) is 0. The number of aryl methyl sites for hydroxylation is 1. The van der Waals surface area contributed by atoms with E-state index in [9.17, 15) is 0 Å². The van der Waals surface area contributed by atoms with Crippen LogP contribution in [-0.2, 0) is 6.61 Å². The Labute approximate surface area is 88.7 Å². The van der Waals surface area contributed by atoms with Crippen LogP contribution in [0.25, 0.3) is 0 Å². The summed E-state index contributed by atoms with van der Waals surface area (Å²) < 4.78 is 0. The quantitative estimate of drug-likeness (QED) is 0.775. The summed E-state index contributed by atoms with van der Waals surface area (Å²) in [6.07, 6.45) is 1.82. The minimum atomic E-state index is 0.0937. The van der Waals surface area contributed by atoms with E-state index in [4.69, 9.17) is 5.11 Å². The van der Waals surface area contributed by atoms with E-state index in [2.05, 4.69) is 16.0 Å². The molecule has 4 aliphatic rings. The average molecular weight is 202 g/mol. The van der Waals surface area contributed by atoms with Crippen molar-refractivity contribution in [3.05, 3.63) is 23.4 Å². The summed E-state index contributed by atoms with van der Waals surface area (Å²) in [6.45, 7) is 3.35. The van der Waals surface area contributed by atoms with E-state index in [0.29, 0.717) is 0 Å². The van der Waals surface area contributed by atoms with Gasteiger partial charge in [0.2, 0.25) is 0 Å². The second kappa shape index (κ2) is 2.35. The third-order valence-corrected chi connectivity index (χ3v) is 4.38. The summed E-state index contributed by atoms with van der Waals surface area (Å²) in [5.41, 5.74) is 2.10. The molecule has 0 spiro atoms. The Morgan fingerprint density at radius 2 is 2.33 bits per heavy atom. The molecule has 2 aliphatic heterocycles. The standard InChI is InChI=1S/C12H14N2O/c1-6-2-9(13-3-7(6)5-15)14-4-8-10-11(8)12(10)14/h2-3,8,10-12,15H,4-5H2,1H3. The average Bonchev–Trinajstić information content (AvgIpc) is 3.05. The molecule has 2 bridgehead atoms. The highest BCUT2D eigenvalue weighted by Crippen LogP contribution is 2.75. The minimum Gasteiger partial charge on any atom is -0.392 e. The summed E-state index contributed by atoms with van der Waals surface area (Å²) in [6, 6.07) is 2.94. The summed E-state index contributed by atoms with van der Waals surface area (Å²) in [4.78, 5) is 6.90. The Hall–Kier alpha value is -1.09. The predicted molar refractivity (Wildman–Crippen MR) is 56.5 cm³/mol. The van der Waals surface area contributed by atoms with Gasteiger partial charge in [0.15, 0.2) is 0 Å². The number of hydrogen-bond donors (Lipinski definition) is 1. The molecule has 15 heavy (non-hydrogen) atoms. The largest absolute Gasteiger partial charge is 0.392 e. The van der Waals surface area contributed by atoms with E-state index < -0.39 is 0 Å². The molecule has 0 radical (unpaired) electrons. The van der Waals surface area contributed by atoms with Crippen LogP contribution in [0.1, 0.15) is 11.1 Å². The van der Waals surface area contributed by atoms with Crippen molar-refractivity contribution in [2.45, 2.75) is 19.6 Å². The van der Waals surface area contributed by atoms with Crippen molar-refractivity contribution in [3.8, 4) is 0 Å². The highest BCUT2D eigenvalue weighted by Gasteiger charge is 2.80. The number of anilines is 1. The molecule has 5 rings (SSSR count). The van der Waals surface area contributed by atoms with Crippen LogP contribution in [0.15, 0.2) is 12.3 Å². The topological polar surface area (TPSA) is 36.4 Å². The maximum atomic E-state index is 9.09. The van der Waals surface area contributed by atoms with Crippen molar-refractivity contribution < 1.29 is 5.11 Å². The number of pyridine rings is 1. The van der Waals surface area contributed by atoms with E-state index in [0.717, 1.165) is 40.7 Å². The van der Waals surface area contributed by atoms with Gasteiger partial charge in [0.25, 0.3) is 0 Å². The third kappa shape index (κ3) is 0.875. The van der Waals surface area contributed by atoms with E-state index >= 15 is 0 Å². The number of aliphatic hydroxyl groups excluding tert-OH is 1. The van der Waals surface area contributed by atoms with Gasteiger partial charge in [-0.2, -0.15) is 0 Å². The first-order valence-corrected chi connectivity index (χ1v) is 5.64. The molecule has 1 aromatic heterocycles. The molecule has 2 saturated carbocycles. The molecule has 0 amide bonds. The molecule has 2 unspecified atom stereocenters. The van der Waals surface area contributed by atoms with Crippen LogP contribution in [0.4, 0.5) is 5.82 Å². The van der Waals surface area contributed by atoms with Gasteiger partial charge in [-0.05, 0) is 41.9 Å². The molecule has 1 N–H and O–H groups in total. The maximum absolute atomic E-state index is 9.09. The number of piperidine rings is 1. The van der Waals surface area contributed by atoms with Crippen molar-refractivity contribution in [2.75, 3.05) is 11.4 Å². The van der Waals surface area contributed by atoms with Gasteiger partial charge >= 0.3 is 0 Å².